The third-order valence-corrected chi connectivity index (χ3v) is 4.51. The second-order valence-electron chi connectivity index (χ2n) is 5.91. The Morgan fingerprint density at radius 3 is 2.10 bits per heavy atom. The molecule has 2 aromatic carbocycles. The summed E-state index contributed by atoms with van der Waals surface area (Å²) >= 11 is 0. The van der Waals surface area contributed by atoms with E-state index in [1.165, 1.54) is 12.0 Å². The largest absolute Gasteiger partial charge is 0.338 e. The van der Waals surface area contributed by atoms with Gasteiger partial charge in [-0.05, 0) is 41.5 Å². The first-order valence-corrected chi connectivity index (χ1v) is 7.26. The van der Waals surface area contributed by atoms with Crippen LogP contribution in [0.15, 0.2) is 54.6 Å². The number of carbonyl (C=O) groups excluding carboxylic acids is 1. The van der Waals surface area contributed by atoms with E-state index in [1.807, 2.05) is 47.4 Å². The molecule has 2 nitrogen and oxygen atoms in total. The molecule has 2 heteroatoms. The summed E-state index contributed by atoms with van der Waals surface area (Å²) in [6.45, 7) is 1.92. The van der Waals surface area contributed by atoms with Crippen molar-refractivity contribution in [2.24, 2.45) is 11.8 Å². The molecule has 1 aliphatic carbocycles. The van der Waals surface area contributed by atoms with E-state index >= 15 is 0 Å². The van der Waals surface area contributed by atoms with Crippen LogP contribution >= 0.6 is 0 Å². The highest BCUT2D eigenvalue weighted by molar-refractivity contribution is 5.95. The predicted octanol–water partition coefficient (Wildman–Crippen LogP) is 3.45. The normalized spacial score (nSPS) is 23.5. The van der Waals surface area contributed by atoms with Crippen molar-refractivity contribution in [3.63, 3.8) is 0 Å². The fourth-order valence-electron chi connectivity index (χ4n) is 3.18. The third-order valence-electron chi connectivity index (χ3n) is 4.51. The molecule has 1 saturated carbocycles. The molecular weight excluding hydrogens is 246 g/mol. The van der Waals surface area contributed by atoms with E-state index in [-0.39, 0.29) is 5.91 Å². The highest BCUT2D eigenvalue weighted by Gasteiger charge is 2.46. The molecule has 1 aliphatic heterocycles. The summed E-state index contributed by atoms with van der Waals surface area (Å²) in [6.07, 6.45) is 1.33. The Hall–Kier alpha value is -2.09. The average Bonchev–Trinajstić information content (AvgIpc) is 3.13. The number of rotatable bonds is 2. The summed E-state index contributed by atoms with van der Waals surface area (Å²) in [7, 11) is 0. The van der Waals surface area contributed by atoms with Gasteiger partial charge in [0.15, 0.2) is 0 Å². The maximum absolute atomic E-state index is 12.4. The summed E-state index contributed by atoms with van der Waals surface area (Å²) < 4.78 is 0. The zero-order valence-corrected chi connectivity index (χ0v) is 11.3. The number of nitrogens with zero attached hydrogens (tertiary/aromatic N) is 1. The molecule has 20 heavy (non-hydrogen) atoms. The molecule has 2 aromatic rings. The van der Waals surface area contributed by atoms with Crippen molar-refractivity contribution in [2.45, 2.75) is 6.42 Å². The molecule has 0 spiro atoms. The van der Waals surface area contributed by atoms with Crippen molar-refractivity contribution in [3.05, 3.63) is 60.2 Å². The van der Waals surface area contributed by atoms with Crippen molar-refractivity contribution in [3.8, 4) is 11.1 Å². The van der Waals surface area contributed by atoms with Gasteiger partial charge in [-0.2, -0.15) is 0 Å². The van der Waals surface area contributed by atoms with E-state index in [1.54, 1.807) is 0 Å². The van der Waals surface area contributed by atoms with Crippen LogP contribution in [0.1, 0.15) is 16.8 Å². The van der Waals surface area contributed by atoms with Crippen LogP contribution in [0.3, 0.4) is 0 Å². The Balaban J connectivity index is 1.54. The van der Waals surface area contributed by atoms with Crippen LogP contribution in [0.25, 0.3) is 11.1 Å². The summed E-state index contributed by atoms with van der Waals surface area (Å²) in [4.78, 5) is 14.4. The third kappa shape index (κ3) is 2.01. The van der Waals surface area contributed by atoms with E-state index in [0.717, 1.165) is 36.1 Å². The van der Waals surface area contributed by atoms with E-state index in [4.69, 9.17) is 0 Å². The van der Waals surface area contributed by atoms with E-state index in [9.17, 15) is 4.79 Å². The van der Waals surface area contributed by atoms with Crippen molar-refractivity contribution in [2.75, 3.05) is 13.1 Å². The lowest BCUT2D eigenvalue weighted by atomic mass is 10.0. The van der Waals surface area contributed by atoms with Gasteiger partial charge < -0.3 is 4.90 Å². The Bertz CT molecular complexity index is 622. The van der Waals surface area contributed by atoms with Gasteiger partial charge in [-0.15, -0.1) is 0 Å². The fraction of sp³-hybridized carbons (Fsp3) is 0.278. The highest BCUT2D eigenvalue weighted by Crippen LogP contribution is 2.45. The Morgan fingerprint density at radius 2 is 1.45 bits per heavy atom. The lowest BCUT2D eigenvalue weighted by Gasteiger charge is -2.18. The molecule has 100 valence electrons. The molecule has 0 aromatic heterocycles. The van der Waals surface area contributed by atoms with Crippen LogP contribution in [0.4, 0.5) is 0 Å². The standard InChI is InChI=1S/C18H17NO/c20-18(19-11-16-10-17(16)12-19)15-8-6-14(7-9-15)13-4-2-1-3-5-13/h1-9,16-17H,10-12H2. The van der Waals surface area contributed by atoms with Gasteiger partial charge in [-0.1, -0.05) is 42.5 Å². The number of hydrogen-bond acceptors (Lipinski definition) is 1. The molecule has 2 aliphatic rings. The van der Waals surface area contributed by atoms with Crippen LogP contribution < -0.4 is 0 Å². The van der Waals surface area contributed by atoms with Gasteiger partial charge in [-0.25, -0.2) is 0 Å². The first-order chi connectivity index (χ1) is 9.81. The van der Waals surface area contributed by atoms with Crippen LogP contribution in [-0.4, -0.2) is 23.9 Å². The zero-order chi connectivity index (χ0) is 13.5. The maximum Gasteiger partial charge on any atom is 0.253 e. The van der Waals surface area contributed by atoms with Gasteiger partial charge in [0.05, 0.1) is 0 Å². The maximum atomic E-state index is 12.4. The molecule has 1 heterocycles. The molecule has 2 atom stereocenters. The van der Waals surface area contributed by atoms with Gasteiger partial charge in [-0.3, -0.25) is 4.79 Å². The van der Waals surface area contributed by atoms with Crippen molar-refractivity contribution in [1.29, 1.82) is 0 Å². The number of amides is 1. The molecule has 4 rings (SSSR count). The molecule has 0 bridgehead atoms. The lowest BCUT2D eigenvalue weighted by Crippen LogP contribution is -2.30. The monoisotopic (exact) mass is 263 g/mol. The van der Waals surface area contributed by atoms with Gasteiger partial charge in [0, 0.05) is 18.7 Å². The topological polar surface area (TPSA) is 20.3 Å². The van der Waals surface area contributed by atoms with Gasteiger partial charge in [0.25, 0.3) is 5.91 Å². The number of carbonyl (C=O) groups is 1. The van der Waals surface area contributed by atoms with Crippen LogP contribution in [-0.2, 0) is 0 Å². The Morgan fingerprint density at radius 1 is 0.850 bits per heavy atom. The SMILES string of the molecule is O=C(c1ccc(-c2ccccc2)cc1)N1CC2CC2C1. The Kier molecular flexibility index (Phi) is 2.62. The molecule has 2 unspecified atom stereocenters. The number of piperidine rings is 1. The molecule has 0 radical (unpaired) electrons. The number of likely N-dealkylation sites (tertiary alicyclic amines) is 1. The minimum absolute atomic E-state index is 0.191. The van der Waals surface area contributed by atoms with E-state index in [2.05, 4.69) is 12.1 Å². The first-order valence-electron chi connectivity index (χ1n) is 7.26. The summed E-state index contributed by atoms with van der Waals surface area (Å²) in [5.41, 5.74) is 3.16. The molecule has 2 fully saturated rings. The first kappa shape index (κ1) is 11.7. The highest BCUT2D eigenvalue weighted by atomic mass is 16.2. The summed E-state index contributed by atoms with van der Waals surface area (Å²) in [5.74, 6) is 1.78. The predicted molar refractivity (Wildman–Crippen MR) is 79.4 cm³/mol. The molecule has 1 amide bonds. The number of fused-ring (bicyclic) bond motifs is 1. The smallest absolute Gasteiger partial charge is 0.253 e. The quantitative estimate of drug-likeness (QED) is 0.812. The Labute approximate surface area is 119 Å². The van der Waals surface area contributed by atoms with Gasteiger partial charge in [0.1, 0.15) is 0 Å². The molecule has 1 saturated heterocycles. The zero-order valence-electron chi connectivity index (χ0n) is 11.3. The fourth-order valence-corrected chi connectivity index (χ4v) is 3.18. The van der Waals surface area contributed by atoms with Gasteiger partial charge in [0.2, 0.25) is 0 Å². The second-order valence-corrected chi connectivity index (χ2v) is 5.91. The molecular formula is C18H17NO. The summed E-state index contributed by atoms with van der Waals surface area (Å²) in [6, 6.07) is 18.2. The van der Waals surface area contributed by atoms with Crippen LogP contribution in [0.2, 0.25) is 0 Å². The second kappa shape index (κ2) is 4.48. The van der Waals surface area contributed by atoms with E-state index in [0.29, 0.717) is 0 Å². The van der Waals surface area contributed by atoms with Crippen LogP contribution in [0.5, 0.6) is 0 Å². The lowest BCUT2D eigenvalue weighted by molar-refractivity contribution is 0.0775. The van der Waals surface area contributed by atoms with E-state index < -0.39 is 0 Å². The number of hydrogen-bond donors (Lipinski definition) is 0. The minimum Gasteiger partial charge on any atom is -0.338 e. The summed E-state index contributed by atoms with van der Waals surface area (Å²) in [5, 5.41) is 0. The molecule has 0 N–H and O–H groups in total. The van der Waals surface area contributed by atoms with Crippen molar-refractivity contribution in [1.82, 2.24) is 4.90 Å². The minimum atomic E-state index is 0.191. The van der Waals surface area contributed by atoms with Crippen molar-refractivity contribution >= 4 is 5.91 Å². The van der Waals surface area contributed by atoms with Gasteiger partial charge >= 0.3 is 0 Å². The van der Waals surface area contributed by atoms with Crippen LogP contribution in [0, 0.1) is 11.8 Å². The van der Waals surface area contributed by atoms with Crippen molar-refractivity contribution < 1.29 is 4.79 Å². The number of benzene rings is 2. The average molecular weight is 263 g/mol.